The van der Waals surface area contributed by atoms with Crippen LogP contribution in [0, 0.1) is 0 Å². The van der Waals surface area contributed by atoms with Crippen molar-refractivity contribution in [3.8, 4) is 0 Å². The lowest BCUT2D eigenvalue weighted by atomic mass is 10.0. The molecular formula is C22H27N4OS+. The third-order valence-electron chi connectivity index (χ3n) is 5.30. The molecule has 0 aliphatic carbocycles. The number of piperazine rings is 1. The first-order valence-corrected chi connectivity index (χ1v) is 10.7. The van der Waals surface area contributed by atoms with E-state index in [0.717, 1.165) is 42.5 Å². The van der Waals surface area contributed by atoms with E-state index in [2.05, 4.69) is 54.4 Å². The molecule has 1 saturated heterocycles. The van der Waals surface area contributed by atoms with Gasteiger partial charge in [0.05, 0.1) is 36.4 Å². The summed E-state index contributed by atoms with van der Waals surface area (Å²) >= 11 is 1.75. The first kappa shape index (κ1) is 18.9. The molecule has 1 aromatic heterocycles. The first-order chi connectivity index (χ1) is 13.6. The first-order valence-electron chi connectivity index (χ1n) is 9.92. The van der Waals surface area contributed by atoms with Gasteiger partial charge in [0.25, 0.3) is 5.91 Å². The second-order valence-electron chi connectivity index (χ2n) is 7.70. The lowest BCUT2D eigenvalue weighted by Gasteiger charge is -2.31. The van der Waals surface area contributed by atoms with Crippen LogP contribution in [-0.4, -0.2) is 43.6 Å². The number of carbonyl (C=O) groups is 1. The molecule has 0 atom stereocenters. The minimum atomic E-state index is 0.0840. The molecule has 0 bridgehead atoms. The molecule has 4 rings (SSSR count). The summed E-state index contributed by atoms with van der Waals surface area (Å²) in [6, 6.07) is 16.4. The van der Waals surface area contributed by atoms with Gasteiger partial charge in [-0.05, 0) is 35.7 Å². The molecule has 2 aromatic carbocycles. The molecule has 0 unspecified atom stereocenters. The van der Waals surface area contributed by atoms with Crippen LogP contribution in [0.3, 0.4) is 0 Å². The number of rotatable bonds is 5. The Balaban J connectivity index is 1.28. The van der Waals surface area contributed by atoms with Gasteiger partial charge in [0.1, 0.15) is 0 Å². The largest absolute Gasteiger partial charge is 0.337 e. The number of thiazole rings is 1. The minimum Gasteiger partial charge on any atom is -0.337 e. The van der Waals surface area contributed by atoms with Gasteiger partial charge in [0.15, 0.2) is 11.7 Å². The standard InChI is InChI=1S/C22H26N4OS/c1-16(2)17-7-9-18(10-8-17)23-21(27)15-25-11-13-26(14-12-25)22-24-19-5-3-4-6-20(19)28-22/h3-10,16H,11-15H2,1-2H3,(H,23,27)/p+1. The predicted octanol–water partition coefficient (Wildman–Crippen LogP) is 2.76. The van der Waals surface area contributed by atoms with E-state index in [1.807, 2.05) is 18.2 Å². The highest BCUT2D eigenvalue weighted by molar-refractivity contribution is 7.22. The molecule has 146 valence electrons. The van der Waals surface area contributed by atoms with Crippen LogP contribution in [0.15, 0.2) is 48.5 Å². The Kier molecular flexibility index (Phi) is 5.59. The van der Waals surface area contributed by atoms with Gasteiger partial charge in [-0.25, -0.2) is 4.98 Å². The maximum absolute atomic E-state index is 12.4. The number of para-hydroxylation sites is 1. The summed E-state index contributed by atoms with van der Waals surface area (Å²) in [7, 11) is 0. The number of carbonyl (C=O) groups excluding carboxylic acids is 1. The normalized spacial score (nSPS) is 15.3. The van der Waals surface area contributed by atoms with E-state index in [0.29, 0.717) is 12.5 Å². The number of amides is 1. The average molecular weight is 396 g/mol. The van der Waals surface area contributed by atoms with E-state index in [-0.39, 0.29) is 5.91 Å². The Labute approximate surface area is 170 Å². The van der Waals surface area contributed by atoms with Crippen LogP contribution in [0.25, 0.3) is 10.2 Å². The number of hydrogen-bond acceptors (Lipinski definition) is 4. The minimum absolute atomic E-state index is 0.0840. The fourth-order valence-electron chi connectivity index (χ4n) is 3.57. The Hall–Kier alpha value is -2.44. The Morgan fingerprint density at radius 3 is 2.54 bits per heavy atom. The van der Waals surface area contributed by atoms with Crippen molar-refractivity contribution in [2.45, 2.75) is 19.8 Å². The van der Waals surface area contributed by atoms with E-state index in [4.69, 9.17) is 4.98 Å². The molecule has 2 heterocycles. The maximum Gasteiger partial charge on any atom is 0.279 e. The second kappa shape index (κ2) is 8.29. The van der Waals surface area contributed by atoms with Crippen molar-refractivity contribution in [3.05, 3.63) is 54.1 Å². The highest BCUT2D eigenvalue weighted by Crippen LogP contribution is 2.28. The predicted molar refractivity (Wildman–Crippen MR) is 117 cm³/mol. The topological polar surface area (TPSA) is 49.7 Å². The van der Waals surface area contributed by atoms with Crippen molar-refractivity contribution in [2.24, 2.45) is 0 Å². The quantitative estimate of drug-likeness (QED) is 0.698. The van der Waals surface area contributed by atoms with E-state index in [9.17, 15) is 4.79 Å². The molecule has 1 amide bonds. The van der Waals surface area contributed by atoms with E-state index in [1.165, 1.54) is 15.2 Å². The molecule has 1 aliphatic rings. The monoisotopic (exact) mass is 395 g/mol. The lowest BCUT2D eigenvalue weighted by Crippen LogP contribution is -3.15. The fraction of sp³-hybridized carbons (Fsp3) is 0.364. The van der Waals surface area contributed by atoms with Crippen molar-refractivity contribution in [2.75, 3.05) is 42.9 Å². The Bertz CT molecular complexity index is 910. The van der Waals surface area contributed by atoms with E-state index in [1.54, 1.807) is 11.3 Å². The van der Waals surface area contributed by atoms with Crippen molar-refractivity contribution < 1.29 is 9.69 Å². The molecular weight excluding hydrogens is 368 g/mol. The zero-order valence-electron chi connectivity index (χ0n) is 16.4. The van der Waals surface area contributed by atoms with Crippen LogP contribution in [0.2, 0.25) is 0 Å². The molecule has 0 saturated carbocycles. The third-order valence-corrected chi connectivity index (χ3v) is 6.39. The van der Waals surface area contributed by atoms with Crippen molar-refractivity contribution >= 4 is 38.3 Å². The van der Waals surface area contributed by atoms with Crippen molar-refractivity contribution in [3.63, 3.8) is 0 Å². The van der Waals surface area contributed by atoms with Crippen LogP contribution in [-0.2, 0) is 4.79 Å². The Morgan fingerprint density at radius 2 is 1.86 bits per heavy atom. The van der Waals surface area contributed by atoms with E-state index < -0.39 is 0 Å². The number of anilines is 2. The summed E-state index contributed by atoms with van der Waals surface area (Å²) in [5.41, 5.74) is 3.23. The van der Waals surface area contributed by atoms with Crippen LogP contribution >= 0.6 is 11.3 Å². The maximum atomic E-state index is 12.4. The number of nitrogens with zero attached hydrogens (tertiary/aromatic N) is 2. The number of aromatic nitrogens is 1. The molecule has 28 heavy (non-hydrogen) atoms. The summed E-state index contributed by atoms with van der Waals surface area (Å²) in [6.07, 6.45) is 0. The van der Waals surface area contributed by atoms with Crippen LogP contribution in [0.4, 0.5) is 10.8 Å². The molecule has 0 radical (unpaired) electrons. The number of hydrogen-bond donors (Lipinski definition) is 2. The summed E-state index contributed by atoms with van der Waals surface area (Å²) in [5.74, 6) is 0.585. The van der Waals surface area contributed by atoms with Gasteiger partial charge in [-0.2, -0.15) is 0 Å². The SMILES string of the molecule is CC(C)c1ccc(NC(=O)C[NH+]2CCN(c3nc4ccccc4s3)CC2)cc1. The lowest BCUT2D eigenvalue weighted by molar-refractivity contribution is -0.892. The van der Waals surface area contributed by atoms with Gasteiger partial charge in [-0.15, -0.1) is 0 Å². The smallest absolute Gasteiger partial charge is 0.279 e. The molecule has 1 fully saturated rings. The number of quaternary nitrogens is 1. The van der Waals surface area contributed by atoms with Gasteiger partial charge in [-0.3, -0.25) is 4.79 Å². The summed E-state index contributed by atoms with van der Waals surface area (Å²) in [6.45, 7) is 8.64. The van der Waals surface area contributed by atoms with Crippen molar-refractivity contribution in [1.29, 1.82) is 0 Å². The van der Waals surface area contributed by atoms with Crippen molar-refractivity contribution in [1.82, 2.24) is 4.98 Å². The highest BCUT2D eigenvalue weighted by Gasteiger charge is 2.24. The van der Waals surface area contributed by atoms with Gasteiger partial charge < -0.3 is 15.1 Å². The average Bonchev–Trinajstić information content (AvgIpc) is 3.13. The van der Waals surface area contributed by atoms with Crippen LogP contribution < -0.4 is 15.1 Å². The molecule has 0 spiro atoms. The Morgan fingerprint density at radius 1 is 1.14 bits per heavy atom. The molecule has 1 aliphatic heterocycles. The molecule has 5 nitrogen and oxygen atoms in total. The van der Waals surface area contributed by atoms with Gasteiger partial charge >= 0.3 is 0 Å². The third kappa shape index (κ3) is 4.34. The van der Waals surface area contributed by atoms with Crippen LogP contribution in [0.5, 0.6) is 0 Å². The number of fused-ring (bicyclic) bond motifs is 1. The van der Waals surface area contributed by atoms with Gasteiger partial charge in [-0.1, -0.05) is 49.4 Å². The molecule has 3 aromatic rings. The van der Waals surface area contributed by atoms with E-state index >= 15 is 0 Å². The number of benzene rings is 2. The zero-order chi connectivity index (χ0) is 19.5. The van der Waals surface area contributed by atoms with Crippen LogP contribution in [0.1, 0.15) is 25.3 Å². The number of nitrogens with one attached hydrogen (secondary N) is 2. The summed E-state index contributed by atoms with van der Waals surface area (Å²) in [5, 5.41) is 4.12. The molecule has 2 N–H and O–H groups in total. The molecule has 6 heteroatoms. The summed E-state index contributed by atoms with van der Waals surface area (Å²) < 4.78 is 1.23. The second-order valence-corrected chi connectivity index (χ2v) is 8.71. The van der Waals surface area contributed by atoms with Gasteiger partial charge in [0.2, 0.25) is 0 Å². The fourth-order valence-corrected chi connectivity index (χ4v) is 4.59. The highest BCUT2D eigenvalue weighted by atomic mass is 32.1. The van der Waals surface area contributed by atoms with Gasteiger partial charge in [0, 0.05) is 5.69 Å². The summed E-state index contributed by atoms with van der Waals surface area (Å²) in [4.78, 5) is 20.8. The zero-order valence-corrected chi connectivity index (χ0v) is 17.3.